The molecule has 0 saturated carbocycles. The number of aliphatic hydroxyl groups is 2. The Morgan fingerprint density at radius 1 is 0.476 bits per heavy atom. The standard InChI is InChI=1S/C57H97NO5/c1-4-7-10-13-16-19-22-25-27-28-30-32-35-38-41-44-47-50-57(62)63-53(48-45-42-39-36-33-31-29-26-23-20-17-14-11-8-5-2)51-56(61)58-54(52-59)55(60)49-46-43-40-37-34-24-21-18-15-12-9-6-3/h16-17,19-20,25-27,29-30,32-33,36,38,41-42,45,53-55,59-60H,4-15,18,21-24,28,31,34-35,37,39-40,43-44,46-52H2,1-3H3,(H,58,61)/b19-16-,20-17-,27-25-,29-26-,32-30-,36-33-,41-38-,45-42-. The number of ether oxygens (including phenoxy) is 1. The number of amides is 1. The number of hydrogen-bond acceptors (Lipinski definition) is 5. The monoisotopic (exact) mass is 876 g/mol. The molecule has 6 nitrogen and oxygen atoms in total. The predicted molar refractivity (Wildman–Crippen MR) is 273 cm³/mol. The Morgan fingerprint density at radius 2 is 0.841 bits per heavy atom. The third kappa shape index (κ3) is 45.2. The molecular weight excluding hydrogens is 779 g/mol. The maximum absolute atomic E-state index is 13.2. The molecule has 0 aliphatic carbocycles. The van der Waals surface area contributed by atoms with Gasteiger partial charge in [-0.25, -0.2) is 0 Å². The van der Waals surface area contributed by atoms with Gasteiger partial charge in [0, 0.05) is 12.8 Å². The molecule has 0 fully saturated rings. The molecule has 6 heteroatoms. The van der Waals surface area contributed by atoms with Crippen LogP contribution < -0.4 is 5.32 Å². The van der Waals surface area contributed by atoms with Crippen LogP contribution in [0.3, 0.4) is 0 Å². The van der Waals surface area contributed by atoms with E-state index in [9.17, 15) is 19.8 Å². The van der Waals surface area contributed by atoms with Gasteiger partial charge in [-0.05, 0) is 83.5 Å². The van der Waals surface area contributed by atoms with Gasteiger partial charge in [-0.1, -0.05) is 221 Å². The maximum atomic E-state index is 13.2. The van der Waals surface area contributed by atoms with Crippen LogP contribution in [0.5, 0.6) is 0 Å². The number of nitrogens with one attached hydrogen (secondary N) is 1. The van der Waals surface area contributed by atoms with Gasteiger partial charge in [0.05, 0.1) is 25.2 Å². The molecule has 1 amide bonds. The van der Waals surface area contributed by atoms with Crippen molar-refractivity contribution < 1.29 is 24.5 Å². The van der Waals surface area contributed by atoms with E-state index in [2.05, 4.69) is 111 Å². The number of allylic oxidation sites excluding steroid dienone is 15. The summed E-state index contributed by atoms with van der Waals surface area (Å²) in [4.78, 5) is 26.1. The van der Waals surface area contributed by atoms with Crippen molar-refractivity contribution >= 4 is 11.9 Å². The maximum Gasteiger partial charge on any atom is 0.306 e. The van der Waals surface area contributed by atoms with E-state index in [1.54, 1.807) is 0 Å². The summed E-state index contributed by atoms with van der Waals surface area (Å²) in [6.07, 6.45) is 66.2. The zero-order valence-electron chi connectivity index (χ0n) is 40.9. The Hall–Kier alpha value is -3.22. The van der Waals surface area contributed by atoms with Crippen LogP contribution in [0.15, 0.2) is 97.2 Å². The molecule has 360 valence electrons. The molecule has 0 spiro atoms. The lowest BCUT2D eigenvalue weighted by molar-refractivity contribution is -0.150. The number of rotatable bonds is 45. The highest BCUT2D eigenvalue weighted by molar-refractivity contribution is 5.77. The second-order valence-electron chi connectivity index (χ2n) is 17.2. The molecule has 0 radical (unpaired) electrons. The summed E-state index contributed by atoms with van der Waals surface area (Å²) in [7, 11) is 0. The normalized spacial score (nSPS) is 14.0. The third-order valence-electron chi connectivity index (χ3n) is 11.1. The number of esters is 1. The lowest BCUT2D eigenvalue weighted by Crippen LogP contribution is -2.46. The largest absolute Gasteiger partial charge is 0.461 e. The third-order valence-corrected chi connectivity index (χ3v) is 11.1. The quantitative estimate of drug-likeness (QED) is 0.0322. The molecule has 3 atom stereocenters. The topological polar surface area (TPSA) is 95.9 Å². The highest BCUT2D eigenvalue weighted by atomic mass is 16.5. The molecule has 0 bridgehead atoms. The number of carbonyl (C=O) groups excluding carboxylic acids is 2. The molecule has 0 rings (SSSR count). The summed E-state index contributed by atoms with van der Waals surface area (Å²) in [5, 5.41) is 23.7. The fourth-order valence-corrected chi connectivity index (χ4v) is 7.17. The van der Waals surface area contributed by atoms with Crippen LogP contribution in [0.2, 0.25) is 0 Å². The smallest absolute Gasteiger partial charge is 0.306 e. The Labute approximate surface area is 388 Å². The first kappa shape index (κ1) is 59.8. The zero-order chi connectivity index (χ0) is 45.9. The second kappa shape index (κ2) is 49.8. The SMILES string of the molecule is CCCCC/C=C\C/C=C\C/C=C\C/C=C\CCCC(=O)OC(C/C=C\C/C=C\C/C=C\C/C=C\CCCCC)CC(=O)NC(CO)C(O)CCCCCCCCCCCCCC. The van der Waals surface area contributed by atoms with Crippen LogP contribution in [0.25, 0.3) is 0 Å². The van der Waals surface area contributed by atoms with Crippen molar-refractivity contribution in [1.82, 2.24) is 5.32 Å². The van der Waals surface area contributed by atoms with Gasteiger partial charge < -0.3 is 20.3 Å². The van der Waals surface area contributed by atoms with E-state index in [1.165, 1.54) is 103 Å². The lowest BCUT2D eigenvalue weighted by atomic mass is 10.0. The van der Waals surface area contributed by atoms with Crippen molar-refractivity contribution in [2.24, 2.45) is 0 Å². The lowest BCUT2D eigenvalue weighted by Gasteiger charge is -2.24. The van der Waals surface area contributed by atoms with Crippen LogP contribution in [0, 0.1) is 0 Å². The van der Waals surface area contributed by atoms with Crippen LogP contribution >= 0.6 is 0 Å². The molecular formula is C57H97NO5. The molecule has 0 heterocycles. The van der Waals surface area contributed by atoms with E-state index in [1.807, 2.05) is 12.2 Å². The first-order valence-corrected chi connectivity index (χ1v) is 26.0. The van der Waals surface area contributed by atoms with Crippen molar-refractivity contribution in [3.8, 4) is 0 Å². The number of hydrogen-bond donors (Lipinski definition) is 3. The molecule has 3 unspecified atom stereocenters. The molecule has 0 aromatic carbocycles. The second-order valence-corrected chi connectivity index (χ2v) is 17.2. The van der Waals surface area contributed by atoms with Crippen LogP contribution in [-0.2, 0) is 14.3 Å². The minimum Gasteiger partial charge on any atom is -0.461 e. The minimum atomic E-state index is -0.825. The fraction of sp³-hybridized carbons (Fsp3) is 0.684. The Balaban J connectivity index is 4.83. The molecule has 0 aromatic rings. The Morgan fingerprint density at radius 3 is 1.27 bits per heavy atom. The van der Waals surface area contributed by atoms with Gasteiger partial charge in [-0.15, -0.1) is 0 Å². The first-order valence-electron chi connectivity index (χ1n) is 26.0. The molecule has 63 heavy (non-hydrogen) atoms. The van der Waals surface area contributed by atoms with E-state index in [0.717, 1.165) is 70.6 Å². The minimum absolute atomic E-state index is 0.0250. The van der Waals surface area contributed by atoms with Gasteiger partial charge in [-0.2, -0.15) is 0 Å². The van der Waals surface area contributed by atoms with E-state index in [-0.39, 0.29) is 31.3 Å². The van der Waals surface area contributed by atoms with Gasteiger partial charge in [0.15, 0.2) is 0 Å². The average molecular weight is 876 g/mol. The van der Waals surface area contributed by atoms with Crippen molar-refractivity contribution in [3.05, 3.63) is 97.2 Å². The van der Waals surface area contributed by atoms with Crippen LogP contribution in [-0.4, -0.2) is 46.9 Å². The Kier molecular flexibility index (Phi) is 47.2. The first-order chi connectivity index (χ1) is 31.0. The van der Waals surface area contributed by atoms with Crippen LogP contribution in [0.1, 0.15) is 226 Å². The van der Waals surface area contributed by atoms with E-state index < -0.39 is 18.2 Å². The summed E-state index contributed by atoms with van der Waals surface area (Å²) in [5.41, 5.74) is 0. The van der Waals surface area contributed by atoms with Crippen molar-refractivity contribution in [3.63, 3.8) is 0 Å². The van der Waals surface area contributed by atoms with Gasteiger partial charge in [0.25, 0.3) is 0 Å². The molecule has 0 aliphatic heterocycles. The summed E-state index contributed by atoms with van der Waals surface area (Å²) in [6, 6.07) is -0.747. The van der Waals surface area contributed by atoms with Gasteiger partial charge in [0.1, 0.15) is 6.10 Å². The fourth-order valence-electron chi connectivity index (χ4n) is 7.17. The summed E-state index contributed by atoms with van der Waals surface area (Å²) < 4.78 is 5.84. The highest BCUT2D eigenvalue weighted by Gasteiger charge is 2.23. The predicted octanol–water partition coefficient (Wildman–Crippen LogP) is 15.7. The van der Waals surface area contributed by atoms with E-state index in [0.29, 0.717) is 19.3 Å². The highest BCUT2D eigenvalue weighted by Crippen LogP contribution is 2.15. The van der Waals surface area contributed by atoms with Crippen LogP contribution in [0.4, 0.5) is 0 Å². The molecule has 3 N–H and O–H groups in total. The van der Waals surface area contributed by atoms with Crippen molar-refractivity contribution in [1.29, 1.82) is 0 Å². The number of carbonyl (C=O) groups is 2. The molecule has 0 aliphatic rings. The van der Waals surface area contributed by atoms with Gasteiger partial charge in [0.2, 0.25) is 5.91 Å². The van der Waals surface area contributed by atoms with E-state index >= 15 is 0 Å². The zero-order valence-corrected chi connectivity index (χ0v) is 40.9. The number of aliphatic hydroxyl groups excluding tert-OH is 2. The van der Waals surface area contributed by atoms with Crippen molar-refractivity contribution in [2.75, 3.05) is 6.61 Å². The van der Waals surface area contributed by atoms with Gasteiger partial charge >= 0.3 is 5.97 Å². The Bertz CT molecular complexity index is 1260. The molecule has 0 saturated heterocycles. The summed E-state index contributed by atoms with van der Waals surface area (Å²) in [6.45, 7) is 6.37. The van der Waals surface area contributed by atoms with Gasteiger partial charge in [-0.3, -0.25) is 9.59 Å². The van der Waals surface area contributed by atoms with Crippen molar-refractivity contribution in [2.45, 2.75) is 244 Å². The number of unbranched alkanes of at least 4 members (excludes halogenated alkanes) is 18. The van der Waals surface area contributed by atoms with E-state index in [4.69, 9.17) is 4.74 Å². The molecule has 0 aromatic heterocycles. The average Bonchev–Trinajstić information content (AvgIpc) is 3.28. The summed E-state index contributed by atoms with van der Waals surface area (Å²) in [5.74, 6) is -0.650. The summed E-state index contributed by atoms with van der Waals surface area (Å²) >= 11 is 0.